The highest BCUT2D eigenvalue weighted by Crippen LogP contribution is 2.68. The van der Waals surface area contributed by atoms with Gasteiger partial charge in [0.15, 0.2) is 6.29 Å². The third-order valence-electron chi connectivity index (χ3n) is 9.49. The fourth-order valence-electron chi connectivity index (χ4n) is 8.23. The lowest BCUT2D eigenvalue weighted by atomic mass is 9.47. The molecule has 0 spiro atoms. The predicted molar refractivity (Wildman–Crippen MR) is 96.6 cm³/mol. The van der Waals surface area contributed by atoms with Crippen LogP contribution in [0.5, 0.6) is 0 Å². The normalized spacial score (nSPS) is 60.3. The Morgan fingerprint density at radius 2 is 1.92 bits per heavy atom. The Morgan fingerprint density at radius 1 is 1.12 bits per heavy atom. The van der Waals surface area contributed by atoms with Gasteiger partial charge >= 0.3 is 0 Å². The van der Waals surface area contributed by atoms with Crippen LogP contribution in [-0.2, 0) is 4.74 Å². The number of aliphatic hydroxyl groups excluding tert-OH is 2. The van der Waals surface area contributed by atoms with Crippen LogP contribution in [0.2, 0.25) is 0 Å². The van der Waals surface area contributed by atoms with E-state index in [4.69, 9.17) is 4.74 Å². The predicted octanol–water partition coefficient (Wildman–Crippen LogP) is 3.89. The Hall–Kier alpha value is -0.380. The molecule has 3 nitrogen and oxygen atoms in total. The fraction of sp³-hybridized carbons (Fsp3) is 0.909. The highest BCUT2D eigenvalue weighted by molar-refractivity contribution is 5.26. The first kappa shape index (κ1) is 16.8. The Bertz CT molecular complexity index is 600. The van der Waals surface area contributed by atoms with Crippen LogP contribution in [0.15, 0.2) is 11.6 Å². The maximum absolute atomic E-state index is 10.2. The van der Waals surface area contributed by atoms with Gasteiger partial charge in [0, 0.05) is 5.92 Å². The summed E-state index contributed by atoms with van der Waals surface area (Å²) in [6.07, 6.45) is 10.1. The summed E-state index contributed by atoms with van der Waals surface area (Å²) < 4.78 is 5.99. The number of allylic oxidation sites excluding steroid dienone is 1. The van der Waals surface area contributed by atoms with Crippen LogP contribution in [-0.4, -0.2) is 28.7 Å². The van der Waals surface area contributed by atoms with Gasteiger partial charge in [0.25, 0.3) is 0 Å². The van der Waals surface area contributed by atoms with Gasteiger partial charge in [-0.2, -0.15) is 0 Å². The van der Waals surface area contributed by atoms with Gasteiger partial charge in [-0.25, -0.2) is 0 Å². The lowest BCUT2D eigenvalue weighted by Gasteiger charge is -2.58. The SMILES string of the molecule is C[C@H]1[C@H]2[C@H](C[C@H]3[C@@H]4CC=C5C[C@@H](O)CC[C@]5(C)[C@H]4CC[C@]23C)O[C@@H]1O. The lowest BCUT2D eigenvalue weighted by Crippen LogP contribution is -2.51. The van der Waals surface area contributed by atoms with E-state index < -0.39 is 6.29 Å². The summed E-state index contributed by atoms with van der Waals surface area (Å²) in [7, 11) is 0. The van der Waals surface area contributed by atoms with Crippen molar-refractivity contribution in [3.63, 3.8) is 0 Å². The molecule has 2 N–H and O–H groups in total. The molecular formula is C22H34O3. The first-order chi connectivity index (χ1) is 11.8. The molecule has 0 amide bonds. The molecule has 0 aromatic heterocycles. The van der Waals surface area contributed by atoms with Crippen molar-refractivity contribution in [1.29, 1.82) is 0 Å². The summed E-state index contributed by atoms with van der Waals surface area (Å²) in [5, 5.41) is 20.3. The standard InChI is InChI=1S/C22H34O3/c1-12-19-18(25-20(12)24)11-17-15-5-4-13-10-14(23)6-8-21(13,2)16(15)7-9-22(17,19)3/h4,12,14-20,23-24H,5-11H2,1-3H3/t12-,14-,15+,16-,17-,18-,19-,20-,21-,22-/m0/s1. The van der Waals surface area contributed by atoms with Gasteiger partial charge in [-0.3, -0.25) is 0 Å². The van der Waals surface area contributed by atoms with E-state index in [0.29, 0.717) is 16.7 Å². The fourth-order valence-corrected chi connectivity index (χ4v) is 8.23. The summed E-state index contributed by atoms with van der Waals surface area (Å²) in [5.41, 5.74) is 2.19. The molecule has 5 rings (SSSR count). The van der Waals surface area contributed by atoms with E-state index in [1.54, 1.807) is 5.57 Å². The van der Waals surface area contributed by atoms with Crippen LogP contribution in [0.4, 0.5) is 0 Å². The molecule has 4 fully saturated rings. The van der Waals surface area contributed by atoms with Crippen LogP contribution in [0, 0.1) is 40.4 Å². The molecule has 10 atom stereocenters. The zero-order valence-electron chi connectivity index (χ0n) is 15.9. The molecule has 1 heterocycles. The monoisotopic (exact) mass is 346 g/mol. The Kier molecular flexibility index (Phi) is 3.57. The van der Waals surface area contributed by atoms with Gasteiger partial charge in [0.05, 0.1) is 12.2 Å². The van der Waals surface area contributed by atoms with E-state index in [1.807, 2.05) is 0 Å². The van der Waals surface area contributed by atoms with Crippen molar-refractivity contribution in [1.82, 2.24) is 0 Å². The van der Waals surface area contributed by atoms with Gasteiger partial charge in [0.1, 0.15) is 0 Å². The van der Waals surface area contributed by atoms with Gasteiger partial charge in [-0.05, 0) is 79.4 Å². The first-order valence-electron chi connectivity index (χ1n) is 10.6. The highest BCUT2D eigenvalue weighted by atomic mass is 16.6. The van der Waals surface area contributed by atoms with Gasteiger partial charge in [-0.1, -0.05) is 32.4 Å². The average molecular weight is 347 g/mol. The summed E-state index contributed by atoms with van der Waals surface area (Å²) in [5.74, 6) is 3.07. The molecule has 5 aliphatic rings. The maximum atomic E-state index is 10.2. The summed E-state index contributed by atoms with van der Waals surface area (Å²) in [4.78, 5) is 0. The maximum Gasteiger partial charge on any atom is 0.157 e. The van der Waals surface area contributed by atoms with Crippen molar-refractivity contribution < 1.29 is 14.9 Å². The molecule has 1 saturated heterocycles. The van der Waals surface area contributed by atoms with Crippen molar-refractivity contribution in [2.75, 3.05) is 0 Å². The topological polar surface area (TPSA) is 49.7 Å². The van der Waals surface area contributed by atoms with E-state index in [2.05, 4.69) is 26.8 Å². The van der Waals surface area contributed by atoms with Gasteiger partial charge < -0.3 is 14.9 Å². The number of aliphatic hydroxyl groups is 2. The smallest absolute Gasteiger partial charge is 0.157 e. The third-order valence-corrected chi connectivity index (χ3v) is 9.49. The molecule has 3 heteroatoms. The van der Waals surface area contributed by atoms with Gasteiger partial charge in [0.2, 0.25) is 0 Å². The molecule has 25 heavy (non-hydrogen) atoms. The molecule has 140 valence electrons. The number of fused-ring (bicyclic) bond motifs is 7. The number of hydrogen-bond donors (Lipinski definition) is 2. The highest BCUT2D eigenvalue weighted by Gasteiger charge is 2.64. The quantitative estimate of drug-likeness (QED) is 0.654. The zero-order chi connectivity index (χ0) is 17.6. The van der Waals surface area contributed by atoms with Crippen molar-refractivity contribution in [3.8, 4) is 0 Å². The van der Waals surface area contributed by atoms with E-state index in [9.17, 15) is 10.2 Å². The second-order valence-electron chi connectivity index (χ2n) is 10.4. The van der Waals surface area contributed by atoms with Crippen LogP contribution in [0.25, 0.3) is 0 Å². The Balaban J connectivity index is 1.48. The molecular weight excluding hydrogens is 312 g/mol. The van der Waals surface area contributed by atoms with E-state index in [-0.39, 0.29) is 18.1 Å². The zero-order valence-corrected chi connectivity index (χ0v) is 15.9. The molecule has 3 saturated carbocycles. The van der Waals surface area contributed by atoms with Crippen LogP contribution in [0.3, 0.4) is 0 Å². The summed E-state index contributed by atoms with van der Waals surface area (Å²) in [6.45, 7) is 7.18. The van der Waals surface area contributed by atoms with Crippen molar-refractivity contribution in [2.24, 2.45) is 40.4 Å². The van der Waals surface area contributed by atoms with Crippen molar-refractivity contribution in [2.45, 2.75) is 84.2 Å². The molecule has 0 radical (unpaired) electrons. The molecule has 0 unspecified atom stereocenters. The largest absolute Gasteiger partial charge is 0.393 e. The van der Waals surface area contributed by atoms with E-state index in [1.165, 1.54) is 19.3 Å². The second-order valence-corrected chi connectivity index (χ2v) is 10.4. The summed E-state index contributed by atoms with van der Waals surface area (Å²) >= 11 is 0. The summed E-state index contributed by atoms with van der Waals surface area (Å²) in [6, 6.07) is 0. The Morgan fingerprint density at radius 3 is 2.72 bits per heavy atom. The van der Waals surface area contributed by atoms with Crippen LogP contribution in [0.1, 0.15) is 65.7 Å². The molecule has 0 aromatic carbocycles. The molecule has 0 bridgehead atoms. The number of ether oxygens (including phenoxy) is 1. The van der Waals surface area contributed by atoms with E-state index in [0.717, 1.165) is 43.4 Å². The van der Waals surface area contributed by atoms with Gasteiger partial charge in [-0.15, -0.1) is 0 Å². The number of hydrogen-bond acceptors (Lipinski definition) is 3. The van der Waals surface area contributed by atoms with Crippen molar-refractivity contribution >= 4 is 0 Å². The minimum Gasteiger partial charge on any atom is -0.393 e. The number of rotatable bonds is 0. The first-order valence-corrected chi connectivity index (χ1v) is 10.6. The Labute approximate surface area is 151 Å². The van der Waals surface area contributed by atoms with E-state index >= 15 is 0 Å². The van der Waals surface area contributed by atoms with Crippen molar-refractivity contribution in [3.05, 3.63) is 11.6 Å². The minimum absolute atomic E-state index is 0.119. The molecule has 1 aliphatic heterocycles. The lowest BCUT2D eigenvalue weighted by molar-refractivity contribution is -0.117. The third kappa shape index (κ3) is 2.09. The average Bonchev–Trinajstić information content (AvgIpc) is 3.02. The minimum atomic E-state index is -0.555. The second kappa shape index (κ2) is 5.33. The molecule has 4 aliphatic carbocycles. The molecule has 0 aromatic rings. The van der Waals surface area contributed by atoms with Crippen LogP contribution < -0.4 is 0 Å². The van der Waals surface area contributed by atoms with Crippen LogP contribution >= 0.6 is 0 Å².